The van der Waals surface area contributed by atoms with E-state index in [2.05, 4.69) is 0 Å². The second kappa shape index (κ2) is 11.4. The molecule has 2 aromatic carbocycles. The van der Waals surface area contributed by atoms with Gasteiger partial charge in [-0.2, -0.15) is 0 Å². The predicted molar refractivity (Wildman–Crippen MR) is 134 cm³/mol. The van der Waals surface area contributed by atoms with Crippen molar-refractivity contribution in [2.75, 3.05) is 13.2 Å². The molecule has 0 spiro atoms. The van der Waals surface area contributed by atoms with Crippen molar-refractivity contribution >= 4 is 11.0 Å². The summed E-state index contributed by atoms with van der Waals surface area (Å²) in [5.74, 6) is -1.92. The Morgan fingerprint density at radius 3 is 2.24 bits per heavy atom. The van der Waals surface area contributed by atoms with Gasteiger partial charge >= 0.3 is 0 Å². The van der Waals surface area contributed by atoms with Gasteiger partial charge in [-0.25, -0.2) is 0 Å². The Kier molecular flexibility index (Phi) is 8.06. The quantitative estimate of drug-likeness (QED) is 0.156. The van der Waals surface area contributed by atoms with Crippen molar-refractivity contribution in [2.24, 2.45) is 0 Å². The normalized spacial score (nSPS) is 32.2. The summed E-state index contributed by atoms with van der Waals surface area (Å²) in [4.78, 5) is 13.6. The highest BCUT2D eigenvalue weighted by atomic mass is 16.8. The standard InChI is InChI=1S/C26H28O15/c27-7-15-18(33)20(35)21(36)25(39-15)41-24-17(32)13(31)8-37-26(24)40-23-19(34)16-12(30)5-11(29)6-14(16)38-22(23)9-1-3-10(28)4-2-9/h1-6,13,15,17-18,20-21,24-33,35-36H,7-8H2. The lowest BCUT2D eigenvalue weighted by Gasteiger charge is -2.44. The van der Waals surface area contributed by atoms with Gasteiger partial charge in [0.2, 0.25) is 17.5 Å². The first-order chi connectivity index (χ1) is 19.5. The van der Waals surface area contributed by atoms with Crippen molar-refractivity contribution < 1.29 is 69.3 Å². The third-order valence-corrected chi connectivity index (χ3v) is 6.85. The number of hydrogen-bond acceptors (Lipinski definition) is 15. The molecule has 0 radical (unpaired) electrons. The van der Waals surface area contributed by atoms with E-state index in [0.29, 0.717) is 0 Å². The second-order valence-electron chi connectivity index (χ2n) is 9.65. The van der Waals surface area contributed by atoms with E-state index in [1.165, 1.54) is 24.3 Å². The van der Waals surface area contributed by atoms with E-state index < -0.39 is 91.2 Å². The fourth-order valence-electron chi connectivity index (χ4n) is 4.64. The SMILES string of the molecule is O=c1c(OC2OCC(O)C(O)C2OC2OC(CO)C(O)C(O)C2O)c(-c2ccc(O)cc2)oc2cc(O)cc(O)c12. The smallest absolute Gasteiger partial charge is 0.239 e. The molecule has 3 heterocycles. The molecule has 2 saturated heterocycles. The van der Waals surface area contributed by atoms with Gasteiger partial charge < -0.3 is 69.3 Å². The van der Waals surface area contributed by atoms with Crippen LogP contribution >= 0.6 is 0 Å². The average Bonchev–Trinajstić information content (AvgIpc) is 2.93. The van der Waals surface area contributed by atoms with E-state index in [9.17, 15) is 50.8 Å². The maximum absolute atomic E-state index is 13.6. The Labute approximate surface area is 230 Å². The van der Waals surface area contributed by atoms with E-state index in [4.69, 9.17) is 23.4 Å². The van der Waals surface area contributed by atoms with Crippen molar-refractivity contribution in [1.29, 1.82) is 0 Å². The number of phenols is 3. The zero-order chi connectivity index (χ0) is 29.6. The van der Waals surface area contributed by atoms with E-state index in [1.54, 1.807) is 0 Å². The first-order valence-corrected chi connectivity index (χ1v) is 12.4. The highest BCUT2D eigenvalue weighted by molar-refractivity contribution is 5.88. The molecule has 0 bridgehead atoms. The molecule has 1 aromatic heterocycles. The lowest BCUT2D eigenvalue weighted by Crippen LogP contribution is -2.63. The van der Waals surface area contributed by atoms with Crippen LogP contribution in [0.25, 0.3) is 22.3 Å². The molecule has 9 unspecified atom stereocenters. The van der Waals surface area contributed by atoms with Crippen molar-refractivity contribution in [3.05, 3.63) is 46.6 Å². The van der Waals surface area contributed by atoms with Gasteiger partial charge in [0.25, 0.3) is 0 Å². The summed E-state index contributed by atoms with van der Waals surface area (Å²) in [5, 5.41) is 90.7. The van der Waals surface area contributed by atoms with Gasteiger partial charge in [0.1, 0.15) is 64.8 Å². The molecule has 15 heteroatoms. The van der Waals surface area contributed by atoms with Gasteiger partial charge in [-0.15, -0.1) is 0 Å². The van der Waals surface area contributed by atoms with Crippen molar-refractivity contribution in [3.8, 4) is 34.3 Å². The Hall–Kier alpha value is -3.51. The summed E-state index contributed by atoms with van der Waals surface area (Å²) >= 11 is 0. The maximum Gasteiger partial charge on any atom is 0.239 e. The number of fused-ring (bicyclic) bond motifs is 1. The fourth-order valence-corrected chi connectivity index (χ4v) is 4.64. The number of rotatable bonds is 6. The van der Waals surface area contributed by atoms with Crippen molar-refractivity contribution in [2.45, 2.75) is 55.3 Å². The molecule has 2 fully saturated rings. The summed E-state index contributed by atoms with van der Waals surface area (Å²) in [6.45, 7) is -1.25. The molecule has 2 aliphatic heterocycles. The molecule has 3 aromatic rings. The lowest BCUT2D eigenvalue weighted by atomic mass is 9.99. The Morgan fingerprint density at radius 2 is 1.56 bits per heavy atom. The van der Waals surface area contributed by atoms with E-state index in [1.807, 2.05) is 0 Å². The van der Waals surface area contributed by atoms with Gasteiger partial charge in [0.15, 0.2) is 18.2 Å². The predicted octanol–water partition coefficient (Wildman–Crippen LogP) is -1.78. The fraction of sp³-hybridized carbons (Fsp3) is 0.423. The van der Waals surface area contributed by atoms with Crippen LogP contribution in [0.1, 0.15) is 0 Å². The molecule has 0 amide bonds. The highest BCUT2D eigenvalue weighted by Crippen LogP contribution is 2.37. The molecule has 2 aliphatic rings. The Morgan fingerprint density at radius 1 is 0.854 bits per heavy atom. The molecule has 5 rings (SSSR count). The topological polar surface area (TPSA) is 249 Å². The zero-order valence-electron chi connectivity index (χ0n) is 21.0. The first-order valence-electron chi connectivity index (χ1n) is 12.4. The van der Waals surface area contributed by atoms with Crippen LogP contribution in [-0.2, 0) is 14.2 Å². The number of aromatic hydroxyl groups is 3. The molecule has 41 heavy (non-hydrogen) atoms. The van der Waals surface area contributed by atoms with Crippen LogP contribution in [0.15, 0.2) is 45.6 Å². The monoisotopic (exact) mass is 580 g/mol. The number of aliphatic hydroxyl groups is 6. The summed E-state index contributed by atoms with van der Waals surface area (Å²) in [6, 6.07) is 7.36. The van der Waals surface area contributed by atoms with Crippen LogP contribution < -0.4 is 10.2 Å². The van der Waals surface area contributed by atoms with E-state index >= 15 is 0 Å². The van der Waals surface area contributed by atoms with E-state index in [-0.39, 0.29) is 28.0 Å². The minimum atomic E-state index is -1.87. The van der Waals surface area contributed by atoms with Crippen LogP contribution in [0.2, 0.25) is 0 Å². The third-order valence-electron chi connectivity index (χ3n) is 6.85. The number of phenolic OH excluding ortho intramolecular Hbond substituents is 3. The van der Waals surface area contributed by atoms with Crippen molar-refractivity contribution in [3.63, 3.8) is 0 Å². The van der Waals surface area contributed by atoms with Crippen molar-refractivity contribution in [1.82, 2.24) is 0 Å². The van der Waals surface area contributed by atoms with Crippen LogP contribution in [0.3, 0.4) is 0 Å². The molecule has 9 atom stereocenters. The molecule has 0 saturated carbocycles. The molecule has 222 valence electrons. The summed E-state index contributed by atoms with van der Waals surface area (Å²) in [5.41, 5.74) is -0.929. The zero-order valence-corrected chi connectivity index (χ0v) is 21.0. The van der Waals surface area contributed by atoms with Crippen LogP contribution in [0.5, 0.6) is 23.0 Å². The highest BCUT2D eigenvalue weighted by Gasteiger charge is 2.49. The minimum Gasteiger partial charge on any atom is -0.508 e. The molecule has 9 N–H and O–H groups in total. The van der Waals surface area contributed by atoms with Gasteiger partial charge in [-0.05, 0) is 24.3 Å². The Bertz CT molecular complexity index is 1440. The number of hydrogen-bond donors (Lipinski definition) is 9. The summed E-state index contributed by atoms with van der Waals surface area (Å²) < 4.78 is 28.1. The Balaban J connectivity index is 1.56. The molecular formula is C26H28O15. The number of aliphatic hydroxyl groups excluding tert-OH is 6. The van der Waals surface area contributed by atoms with Crippen LogP contribution in [0.4, 0.5) is 0 Å². The maximum atomic E-state index is 13.6. The molecular weight excluding hydrogens is 552 g/mol. The first kappa shape index (κ1) is 29.0. The van der Waals surface area contributed by atoms with Gasteiger partial charge in [0, 0.05) is 17.7 Å². The van der Waals surface area contributed by atoms with E-state index in [0.717, 1.165) is 12.1 Å². The molecule has 15 nitrogen and oxygen atoms in total. The number of ether oxygens (including phenoxy) is 4. The van der Waals surface area contributed by atoms with Gasteiger partial charge in [-0.1, -0.05) is 0 Å². The largest absolute Gasteiger partial charge is 0.508 e. The average molecular weight is 580 g/mol. The second-order valence-corrected chi connectivity index (χ2v) is 9.65. The molecule has 0 aliphatic carbocycles. The summed E-state index contributed by atoms with van der Waals surface area (Å²) in [7, 11) is 0. The third kappa shape index (κ3) is 5.42. The lowest BCUT2D eigenvalue weighted by molar-refractivity contribution is -0.348. The summed E-state index contributed by atoms with van der Waals surface area (Å²) in [6.07, 6.45) is -15.2. The van der Waals surface area contributed by atoms with Crippen LogP contribution in [-0.4, -0.2) is 114 Å². The van der Waals surface area contributed by atoms with Gasteiger partial charge in [-0.3, -0.25) is 4.79 Å². The minimum absolute atomic E-state index is 0.102. The number of benzene rings is 2. The van der Waals surface area contributed by atoms with Gasteiger partial charge in [0.05, 0.1) is 13.2 Å². The van der Waals surface area contributed by atoms with Crippen LogP contribution in [0, 0.1) is 0 Å².